The molecule has 1 aromatic heterocycles. The van der Waals surface area contributed by atoms with Gasteiger partial charge in [0.05, 0.1) is 5.02 Å². The number of hydrogen-bond donors (Lipinski definition) is 1. The Morgan fingerprint density at radius 1 is 1.29 bits per heavy atom. The van der Waals surface area contributed by atoms with Crippen molar-refractivity contribution in [2.75, 3.05) is 5.73 Å². The van der Waals surface area contributed by atoms with E-state index in [0.29, 0.717) is 21.8 Å². The first-order valence-electron chi connectivity index (χ1n) is 7.27. The topological polar surface area (TPSA) is 43.8 Å². The van der Waals surface area contributed by atoms with Crippen LogP contribution in [0, 0.1) is 0 Å². The zero-order valence-corrected chi connectivity index (χ0v) is 14.2. The van der Waals surface area contributed by atoms with E-state index in [0.717, 1.165) is 36.5 Å². The largest absolute Gasteiger partial charge is 0.383 e. The maximum atomic E-state index is 6.33. The number of benzene rings is 1. The van der Waals surface area contributed by atoms with Gasteiger partial charge in [0.15, 0.2) is 0 Å². The standard InChI is InChI=1S/C16H21Cl2N3/c1-4-5-8-21-15(19)14(20-16(21)10(2)3)12-9-11(17)6-7-13(12)18/h6-7,9-10H,4-5,8,19H2,1-3H3. The smallest absolute Gasteiger partial charge is 0.131 e. The lowest BCUT2D eigenvalue weighted by molar-refractivity contribution is 0.588. The maximum absolute atomic E-state index is 6.33. The summed E-state index contributed by atoms with van der Waals surface area (Å²) >= 11 is 12.4. The Bertz CT molecular complexity index is 633. The highest BCUT2D eigenvalue weighted by Crippen LogP contribution is 2.35. The first-order chi connectivity index (χ1) is 9.95. The highest BCUT2D eigenvalue weighted by Gasteiger charge is 2.19. The van der Waals surface area contributed by atoms with Gasteiger partial charge in [0.1, 0.15) is 17.3 Å². The Balaban J connectivity index is 2.56. The van der Waals surface area contributed by atoms with Gasteiger partial charge in [-0.15, -0.1) is 0 Å². The molecule has 2 N–H and O–H groups in total. The van der Waals surface area contributed by atoms with Crippen LogP contribution in [0.4, 0.5) is 5.82 Å². The molecule has 2 aromatic rings. The second kappa shape index (κ2) is 6.71. The summed E-state index contributed by atoms with van der Waals surface area (Å²) in [5, 5.41) is 1.24. The van der Waals surface area contributed by atoms with Crippen molar-refractivity contribution in [2.45, 2.75) is 46.1 Å². The molecule has 0 bridgehead atoms. The fraction of sp³-hybridized carbons (Fsp3) is 0.438. The Labute approximate surface area is 136 Å². The molecule has 1 aromatic carbocycles. The van der Waals surface area contributed by atoms with Crippen LogP contribution in [0.1, 0.15) is 45.4 Å². The van der Waals surface area contributed by atoms with E-state index in [1.54, 1.807) is 12.1 Å². The van der Waals surface area contributed by atoms with E-state index in [9.17, 15) is 0 Å². The monoisotopic (exact) mass is 325 g/mol. The average Bonchev–Trinajstić information content (AvgIpc) is 2.76. The molecule has 5 heteroatoms. The molecule has 0 spiro atoms. The summed E-state index contributed by atoms with van der Waals surface area (Å²) in [7, 11) is 0. The van der Waals surface area contributed by atoms with Crippen LogP contribution in [0.5, 0.6) is 0 Å². The van der Waals surface area contributed by atoms with Gasteiger partial charge in [-0.3, -0.25) is 0 Å². The minimum atomic E-state index is 0.302. The van der Waals surface area contributed by atoms with Crippen LogP contribution < -0.4 is 5.73 Å². The van der Waals surface area contributed by atoms with Crippen LogP contribution >= 0.6 is 23.2 Å². The number of nitrogen functional groups attached to an aromatic ring is 1. The number of halogens is 2. The molecular weight excluding hydrogens is 305 g/mol. The molecule has 21 heavy (non-hydrogen) atoms. The lowest BCUT2D eigenvalue weighted by Crippen LogP contribution is -2.08. The summed E-state index contributed by atoms with van der Waals surface area (Å²) in [6, 6.07) is 5.36. The van der Waals surface area contributed by atoms with E-state index in [2.05, 4.69) is 25.3 Å². The summed E-state index contributed by atoms with van der Waals surface area (Å²) < 4.78 is 2.10. The van der Waals surface area contributed by atoms with Gasteiger partial charge in [0, 0.05) is 23.0 Å². The first-order valence-corrected chi connectivity index (χ1v) is 8.02. The predicted octanol–water partition coefficient (Wildman–Crippen LogP) is 5.36. The lowest BCUT2D eigenvalue weighted by Gasteiger charge is -2.11. The molecule has 0 unspecified atom stereocenters. The van der Waals surface area contributed by atoms with Crippen molar-refractivity contribution in [1.29, 1.82) is 0 Å². The van der Waals surface area contributed by atoms with Crippen LogP contribution in [-0.2, 0) is 6.54 Å². The van der Waals surface area contributed by atoms with Gasteiger partial charge in [-0.1, -0.05) is 50.4 Å². The third-order valence-electron chi connectivity index (χ3n) is 3.47. The molecule has 1 heterocycles. The molecule has 0 radical (unpaired) electrons. The van der Waals surface area contributed by atoms with Crippen molar-refractivity contribution in [3.05, 3.63) is 34.1 Å². The summed E-state index contributed by atoms with van der Waals surface area (Å²) in [4.78, 5) is 4.73. The van der Waals surface area contributed by atoms with Crippen LogP contribution in [0.2, 0.25) is 10.0 Å². The van der Waals surface area contributed by atoms with Crippen molar-refractivity contribution in [2.24, 2.45) is 0 Å². The molecule has 114 valence electrons. The molecule has 0 aliphatic carbocycles. The quantitative estimate of drug-likeness (QED) is 0.803. The second-order valence-corrected chi connectivity index (χ2v) is 6.33. The molecule has 0 saturated heterocycles. The van der Waals surface area contributed by atoms with Crippen LogP contribution in [0.3, 0.4) is 0 Å². The molecule has 0 fully saturated rings. The number of nitrogens with zero attached hydrogens (tertiary/aromatic N) is 2. The average molecular weight is 326 g/mol. The van der Waals surface area contributed by atoms with Gasteiger partial charge in [-0.05, 0) is 24.6 Å². The van der Waals surface area contributed by atoms with E-state index in [1.165, 1.54) is 0 Å². The number of imidazole rings is 1. The number of anilines is 1. The van der Waals surface area contributed by atoms with Crippen molar-refractivity contribution in [3.63, 3.8) is 0 Å². The molecule has 2 rings (SSSR count). The summed E-state index contributed by atoms with van der Waals surface area (Å²) in [5.74, 6) is 1.96. The Morgan fingerprint density at radius 2 is 2.00 bits per heavy atom. The fourth-order valence-electron chi connectivity index (χ4n) is 2.35. The zero-order chi connectivity index (χ0) is 15.6. The van der Waals surface area contributed by atoms with E-state index in [-0.39, 0.29) is 0 Å². The molecule has 0 aliphatic heterocycles. The molecule has 3 nitrogen and oxygen atoms in total. The third kappa shape index (κ3) is 3.35. The Hall–Kier alpha value is -1.19. The van der Waals surface area contributed by atoms with E-state index >= 15 is 0 Å². The SMILES string of the molecule is CCCCn1c(C(C)C)nc(-c2cc(Cl)ccc2Cl)c1N. The normalized spacial score (nSPS) is 11.3. The van der Waals surface area contributed by atoms with Gasteiger partial charge >= 0.3 is 0 Å². The van der Waals surface area contributed by atoms with E-state index < -0.39 is 0 Å². The number of nitrogens with two attached hydrogens (primary N) is 1. The number of rotatable bonds is 5. The fourth-order valence-corrected chi connectivity index (χ4v) is 2.73. The van der Waals surface area contributed by atoms with Gasteiger partial charge in [0.25, 0.3) is 0 Å². The second-order valence-electron chi connectivity index (χ2n) is 5.49. The van der Waals surface area contributed by atoms with Gasteiger partial charge in [-0.2, -0.15) is 0 Å². The molecule has 0 amide bonds. The maximum Gasteiger partial charge on any atom is 0.131 e. The number of unbranched alkanes of at least 4 members (excludes halogenated alkanes) is 1. The molecule has 0 saturated carbocycles. The zero-order valence-electron chi connectivity index (χ0n) is 12.7. The Kier molecular flexibility index (Phi) is 5.17. The van der Waals surface area contributed by atoms with Crippen molar-refractivity contribution >= 4 is 29.0 Å². The minimum absolute atomic E-state index is 0.302. The Morgan fingerprint density at radius 3 is 2.62 bits per heavy atom. The first kappa shape index (κ1) is 16.2. The van der Waals surface area contributed by atoms with Gasteiger partial charge in [0.2, 0.25) is 0 Å². The van der Waals surface area contributed by atoms with Gasteiger partial charge in [-0.25, -0.2) is 4.98 Å². The summed E-state index contributed by atoms with van der Waals surface area (Å²) in [5.41, 5.74) is 7.85. The molecule has 0 atom stereocenters. The summed E-state index contributed by atoms with van der Waals surface area (Å²) in [6.07, 6.45) is 2.19. The highest BCUT2D eigenvalue weighted by atomic mass is 35.5. The van der Waals surface area contributed by atoms with Crippen molar-refractivity contribution in [1.82, 2.24) is 9.55 Å². The summed E-state index contributed by atoms with van der Waals surface area (Å²) in [6.45, 7) is 7.28. The van der Waals surface area contributed by atoms with Crippen molar-refractivity contribution in [3.8, 4) is 11.3 Å². The van der Waals surface area contributed by atoms with Crippen molar-refractivity contribution < 1.29 is 0 Å². The minimum Gasteiger partial charge on any atom is -0.383 e. The molecule has 0 aliphatic rings. The highest BCUT2D eigenvalue weighted by molar-refractivity contribution is 6.35. The van der Waals surface area contributed by atoms with Crippen LogP contribution in [0.15, 0.2) is 18.2 Å². The molecular formula is C16H21Cl2N3. The van der Waals surface area contributed by atoms with E-state index in [1.807, 2.05) is 6.07 Å². The van der Waals surface area contributed by atoms with E-state index in [4.69, 9.17) is 33.9 Å². The lowest BCUT2D eigenvalue weighted by atomic mass is 10.1. The van der Waals surface area contributed by atoms with Crippen LogP contribution in [0.25, 0.3) is 11.3 Å². The van der Waals surface area contributed by atoms with Crippen LogP contribution in [-0.4, -0.2) is 9.55 Å². The number of hydrogen-bond acceptors (Lipinski definition) is 2. The predicted molar refractivity (Wildman–Crippen MR) is 91.1 cm³/mol. The van der Waals surface area contributed by atoms with Gasteiger partial charge < -0.3 is 10.3 Å². The number of aromatic nitrogens is 2. The third-order valence-corrected chi connectivity index (χ3v) is 4.04.